The molecule has 2 heterocycles. The van der Waals surface area contributed by atoms with E-state index in [1.807, 2.05) is 66.7 Å². The first-order chi connectivity index (χ1) is 18.1. The van der Waals surface area contributed by atoms with Crippen molar-refractivity contribution >= 4 is 63.0 Å². The molecular weight excluding hydrogens is 492 g/mol. The molecule has 176 valence electrons. The predicted octanol–water partition coefficient (Wildman–Crippen LogP) is 8.79. The predicted molar refractivity (Wildman–Crippen MR) is 160 cm³/mol. The molecule has 0 aliphatic carbocycles. The van der Waals surface area contributed by atoms with Gasteiger partial charge in [0.15, 0.2) is 10.9 Å². The van der Waals surface area contributed by atoms with E-state index in [0.29, 0.717) is 0 Å². The number of hydrogen-bond acceptors (Lipinski definition) is 4. The Morgan fingerprint density at radius 2 is 0.973 bits per heavy atom. The highest BCUT2D eigenvalue weighted by Crippen LogP contribution is 2.34. The maximum Gasteiger partial charge on any atom is 0.195 e. The fourth-order valence-corrected chi connectivity index (χ4v) is 7.29. The molecular formula is C33H20O2S2. The van der Waals surface area contributed by atoms with Crippen molar-refractivity contribution in [2.45, 2.75) is 6.92 Å². The van der Waals surface area contributed by atoms with E-state index in [4.69, 9.17) is 0 Å². The molecule has 37 heavy (non-hydrogen) atoms. The third-order valence-electron chi connectivity index (χ3n) is 7.03. The van der Waals surface area contributed by atoms with Gasteiger partial charge in [-0.2, -0.15) is 0 Å². The Kier molecular flexibility index (Phi) is 5.07. The Labute approximate surface area is 220 Å². The molecule has 0 radical (unpaired) electrons. The van der Waals surface area contributed by atoms with Crippen LogP contribution in [0, 0.1) is 6.92 Å². The standard InChI is InChI=1S/C33H20O2S2/c1-19-16-31-27(33(35)24-7-3-5-9-29(24)37-31)18-25(19)21-12-10-20(11-13-21)22-14-15-30-26(17-22)32(34)23-6-2-4-8-28(23)36-30/h2-18H,1H3. The third-order valence-corrected chi connectivity index (χ3v) is 9.31. The van der Waals surface area contributed by atoms with Crippen LogP contribution in [0.1, 0.15) is 5.56 Å². The van der Waals surface area contributed by atoms with Crippen molar-refractivity contribution in [1.82, 2.24) is 0 Å². The second-order valence-corrected chi connectivity index (χ2v) is 11.5. The van der Waals surface area contributed by atoms with Crippen LogP contribution in [0.5, 0.6) is 0 Å². The summed E-state index contributed by atoms with van der Waals surface area (Å²) < 4.78 is 4.04. The molecule has 0 aliphatic heterocycles. The van der Waals surface area contributed by atoms with E-state index in [2.05, 4.69) is 43.3 Å². The lowest BCUT2D eigenvalue weighted by Gasteiger charge is -2.11. The maximum atomic E-state index is 13.2. The van der Waals surface area contributed by atoms with Gasteiger partial charge in [0.2, 0.25) is 0 Å². The molecule has 0 N–H and O–H groups in total. The van der Waals surface area contributed by atoms with Crippen LogP contribution in [0.15, 0.2) is 113 Å². The molecule has 0 atom stereocenters. The van der Waals surface area contributed by atoms with Gasteiger partial charge in [0.05, 0.1) is 0 Å². The summed E-state index contributed by atoms with van der Waals surface area (Å²) in [5.41, 5.74) is 5.51. The van der Waals surface area contributed by atoms with E-state index < -0.39 is 0 Å². The second-order valence-electron chi connectivity index (χ2n) is 9.31. The van der Waals surface area contributed by atoms with Gasteiger partial charge >= 0.3 is 0 Å². The summed E-state index contributed by atoms with van der Waals surface area (Å²) in [4.78, 5) is 26.4. The SMILES string of the molecule is Cc1cc2sc3ccccc3c(=O)c2cc1-c1ccc(-c2ccc3sc4ccccc4c(=O)c3c2)cc1. The molecule has 5 aromatic carbocycles. The van der Waals surface area contributed by atoms with Gasteiger partial charge in [-0.15, -0.1) is 22.7 Å². The van der Waals surface area contributed by atoms with E-state index in [-0.39, 0.29) is 10.9 Å². The molecule has 2 aromatic heterocycles. The highest BCUT2D eigenvalue weighted by molar-refractivity contribution is 7.25. The van der Waals surface area contributed by atoms with E-state index >= 15 is 0 Å². The monoisotopic (exact) mass is 512 g/mol. The summed E-state index contributed by atoms with van der Waals surface area (Å²) in [6.07, 6.45) is 0. The molecule has 0 saturated carbocycles. The van der Waals surface area contributed by atoms with Gasteiger partial charge in [-0.05, 0) is 83.3 Å². The van der Waals surface area contributed by atoms with Crippen molar-refractivity contribution in [1.29, 1.82) is 0 Å². The second kappa shape index (κ2) is 8.48. The summed E-state index contributed by atoms with van der Waals surface area (Å²) in [5, 5.41) is 3.06. The van der Waals surface area contributed by atoms with Crippen LogP contribution in [0.25, 0.3) is 62.6 Å². The molecule has 2 nitrogen and oxygen atoms in total. The lowest BCUT2D eigenvalue weighted by Crippen LogP contribution is -2.01. The fourth-order valence-electron chi connectivity index (χ4n) is 5.09. The van der Waals surface area contributed by atoms with Crippen LogP contribution in [0.2, 0.25) is 0 Å². The molecule has 0 amide bonds. The molecule has 4 heteroatoms. The quantitative estimate of drug-likeness (QED) is 0.217. The highest BCUT2D eigenvalue weighted by atomic mass is 32.1. The van der Waals surface area contributed by atoms with Crippen molar-refractivity contribution in [3.63, 3.8) is 0 Å². The topological polar surface area (TPSA) is 34.1 Å². The normalized spacial score (nSPS) is 11.6. The summed E-state index contributed by atoms with van der Waals surface area (Å²) in [5.74, 6) is 0. The zero-order valence-corrected chi connectivity index (χ0v) is 21.6. The van der Waals surface area contributed by atoms with Crippen LogP contribution >= 0.6 is 22.7 Å². The van der Waals surface area contributed by atoms with Gasteiger partial charge < -0.3 is 0 Å². The summed E-state index contributed by atoms with van der Waals surface area (Å²) in [6.45, 7) is 2.10. The van der Waals surface area contributed by atoms with Crippen LogP contribution in [0.4, 0.5) is 0 Å². The largest absolute Gasteiger partial charge is 0.289 e. The first-order valence-corrected chi connectivity index (χ1v) is 13.7. The first-order valence-electron chi connectivity index (χ1n) is 12.1. The average molecular weight is 513 g/mol. The van der Waals surface area contributed by atoms with Gasteiger partial charge in [0.1, 0.15) is 0 Å². The lowest BCUT2D eigenvalue weighted by molar-refractivity contribution is 1.49. The Morgan fingerprint density at radius 1 is 0.459 bits per heavy atom. The molecule has 0 bridgehead atoms. The van der Waals surface area contributed by atoms with Crippen molar-refractivity contribution in [2.75, 3.05) is 0 Å². The first kappa shape index (κ1) is 22.1. The number of rotatable bonds is 2. The minimum absolute atomic E-state index is 0.0802. The Balaban J connectivity index is 1.32. The van der Waals surface area contributed by atoms with Crippen molar-refractivity contribution in [2.24, 2.45) is 0 Å². The minimum Gasteiger partial charge on any atom is -0.289 e. The van der Waals surface area contributed by atoms with Gasteiger partial charge in [-0.3, -0.25) is 9.59 Å². The van der Waals surface area contributed by atoms with Crippen molar-refractivity contribution in [3.05, 3.63) is 129 Å². The zero-order chi connectivity index (χ0) is 25.1. The fraction of sp³-hybridized carbons (Fsp3) is 0.0303. The minimum atomic E-state index is 0.0802. The summed E-state index contributed by atoms with van der Waals surface area (Å²) in [6, 6.07) is 34.3. The van der Waals surface area contributed by atoms with Crippen LogP contribution in [-0.2, 0) is 0 Å². The van der Waals surface area contributed by atoms with E-state index in [1.165, 1.54) is 0 Å². The van der Waals surface area contributed by atoms with Crippen molar-refractivity contribution in [3.8, 4) is 22.3 Å². The lowest BCUT2D eigenvalue weighted by atomic mass is 9.96. The maximum absolute atomic E-state index is 13.2. The molecule has 0 fully saturated rings. The van der Waals surface area contributed by atoms with E-state index in [9.17, 15) is 9.59 Å². The molecule has 0 unspecified atom stereocenters. The average Bonchev–Trinajstić information content (AvgIpc) is 2.93. The Bertz CT molecular complexity index is 2130. The number of fused-ring (bicyclic) bond motifs is 4. The summed E-state index contributed by atoms with van der Waals surface area (Å²) in [7, 11) is 0. The van der Waals surface area contributed by atoms with Gasteiger partial charge in [0.25, 0.3) is 0 Å². The van der Waals surface area contributed by atoms with Crippen molar-refractivity contribution < 1.29 is 0 Å². The molecule has 7 rings (SSSR count). The number of hydrogen-bond donors (Lipinski definition) is 0. The molecule has 0 saturated heterocycles. The summed E-state index contributed by atoms with van der Waals surface area (Å²) >= 11 is 3.31. The van der Waals surface area contributed by atoms with Crippen LogP contribution < -0.4 is 10.9 Å². The molecule has 0 spiro atoms. The van der Waals surface area contributed by atoms with Crippen LogP contribution in [0.3, 0.4) is 0 Å². The van der Waals surface area contributed by atoms with Crippen LogP contribution in [-0.4, -0.2) is 0 Å². The third kappa shape index (κ3) is 3.60. The van der Waals surface area contributed by atoms with E-state index in [0.717, 1.165) is 68.2 Å². The van der Waals surface area contributed by atoms with Gasteiger partial charge in [0, 0.05) is 40.3 Å². The smallest absolute Gasteiger partial charge is 0.195 e. The number of benzene rings is 5. The zero-order valence-electron chi connectivity index (χ0n) is 19.9. The van der Waals surface area contributed by atoms with Gasteiger partial charge in [-0.1, -0.05) is 54.6 Å². The molecule has 0 aliphatic rings. The molecule has 7 aromatic rings. The Morgan fingerprint density at radius 3 is 1.65 bits per heavy atom. The van der Waals surface area contributed by atoms with E-state index in [1.54, 1.807) is 22.7 Å². The highest BCUT2D eigenvalue weighted by Gasteiger charge is 2.12. The Hall–Kier alpha value is -4.12. The van der Waals surface area contributed by atoms with Gasteiger partial charge in [-0.25, -0.2) is 0 Å². The number of aryl methyl sites for hydroxylation is 1.